The molecule has 0 radical (unpaired) electrons. The van der Waals surface area contributed by atoms with Crippen LogP contribution in [0, 0.1) is 0 Å². The zero-order valence-corrected chi connectivity index (χ0v) is 18.1. The van der Waals surface area contributed by atoms with Gasteiger partial charge in [-0.2, -0.15) is 8.42 Å². The van der Waals surface area contributed by atoms with Crippen molar-refractivity contribution in [3.05, 3.63) is 57.0 Å². The van der Waals surface area contributed by atoms with Crippen LogP contribution < -0.4 is 9.62 Å². The molecule has 6 nitrogen and oxygen atoms in total. The molecule has 0 fully saturated rings. The zero-order chi connectivity index (χ0) is 19.3. The number of alkyl halides is 1. The number of benzene rings is 2. The summed E-state index contributed by atoms with van der Waals surface area (Å²) in [6.45, 7) is -0.0530. The fourth-order valence-electron chi connectivity index (χ4n) is 2.20. The third-order valence-electron chi connectivity index (χ3n) is 3.35. The van der Waals surface area contributed by atoms with Crippen molar-refractivity contribution in [2.75, 3.05) is 22.0 Å². The Labute approximate surface area is 173 Å². The Morgan fingerprint density at radius 2 is 1.73 bits per heavy atom. The highest BCUT2D eigenvalue weighted by molar-refractivity contribution is 9.10. The molecule has 26 heavy (non-hydrogen) atoms. The molecule has 140 valence electrons. The van der Waals surface area contributed by atoms with Crippen molar-refractivity contribution in [2.45, 2.75) is 6.42 Å². The van der Waals surface area contributed by atoms with Crippen LogP contribution >= 0.6 is 43.5 Å². The molecule has 2 aromatic carbocycles. The third kappa shape index (κ3) is 5.68. The first-order valence-electron chi connectivity index (χ1n) is 7.40. The Bertz CT molecular complexity index is 892. The summed E-state index contributed by atoms with van der Waals surface area (Å²) >= 11 is 12.2. The first-order valence-corrected chi connectivity index (χ1v) is 10.9. The second-order valence-corrected chi connectivity index (χ2v) is 8.76. The SMILES string of the molecule is O=C(Nc1ccc(Br)cc1)c1cc(Br)ccc1N(CCCCl)S(=O)(=O)O. The Morgan fingerprint density at radius 1 is 1.12 bits per heavy atom. The van der Waals surface area contributed by atoms with Crippen LogP contribution in [0.4, 0.5) is 11.4 Å². The number of hydrogen-bond acceptors (Lipinski definition) is 3. The number of hydrogen-bond donors (Lipinski definition) is 2. The summed E-state index contributed by atoms with van der Waals surface area (Å²) < 4.78 is 35.3. The number of nitrogens with one attached hydrogen (secondary N) is 1. The van der Waals surface area contributed by atoms with Crippen molar-refractivity contribution >= 4 is 71.0 Å². The summed E-state index contributed by atoms with van der Waals surface area (Å²) in [4.78, 5) is 12.7. The Kier molecular flexibility index (Phi) is 7.48. The molecule has 1 amide bonds. The number of halogens is 3. The molecule has 0 aromatic heterocycles. The maximum atomic E-state index is 12.7. The van der Waals surface area contributed by atoms with Gasteiger partial charge in [0.25, 0.3) is 5.91 Å². The summed E-state index contributed by atoms with van der Waals surface area (Å²) in [6.07, 6.45) is 0.311. The third-order valence-corrected chi connectivity index (χ3v) is 5.57. The van der Waals surface area contributed by atoms with E-state index in [0.717, 1.165) is 8.78 Å². The van der Waals surface area contributed by atoms with Crippen LogP contribution in [0.2, 0.25) is 0 Å². The summed E-state index contributed by atoms with van der Waals surface area (Å²) in [6, 6.07) is 11.5. The summed E-state index contributed by atoms with van der Waals surface area (Å²) in [5, 5.41) is 2.71. The summed E-state index contributed by atoms with van der Waals surface area (Å²) in [5.74, 6) is -0.300. The maximum Gasteiger partial charge on any atom is 0.359 e. The average molecular weight is 527 g/mol. The normalized spacial score (nSPS) is 11.2. The number of carbonyl (C=O) groups excluding carboxylic acids is 1. The minimum atomic E-state index is -4.56. The standard InChI is InChI=1S/C16H15Br2ClN2O4S/c17-11-2-5-13(6-3-11)20-16(22)14-10-12(18)4-7-15(14)21(9-1-8-19)26(23,24)25/h2-7,10H,1,8-9H2,(H,20,22)(H,23,24,25). The minimum absolute atomic E-state index is 0.0530. The van der Waals surface area contributed by atoms with E-state index in [1.54, 1.807) is 30.3 Å². The zero-order valence-electron chi connectivity index (χ0n) is 13.3. The largest absolute Gasteiger partial charge is 0.359 e. The fourth-order valence-corrected chi connectivity index (χ4v) is 3.72. The van der Waals surface area contributed by atoms with Gasteiger partial charge in [0.15, 0.2) is 0 Å². The molecule has 0 unspecified atom stereocenters. The molecule has 2 N–H and O–H groups in total. The molecular formula is C16H15Br2ClN2O4S. The highest BCUT2D eigenvalue weighted by Crippen LogP contribution is 2.28. The van der Waals surface area contributed by atoms with Gasteiger partial charge in [-0.3, -0.25) is 9.35 Å². The Morgan fingerprint density at radius 3 is 2.31 bits per heavy atom. The van der Waals surface area contributed by atoms with Gasteiger partial charge in [-0.15, -0.1) is 11.6 Å². The van der Waals surface area contributed by atoms with Crippen molar-refractivity contribution in [1.29, 1.82) is 0 Å². The molecule has 0 aliphatic rings. The van der Waals surface area contributed by atoms with E-state index in [1.807, 2.05) is 0 Å². The minimum Gasteiger partial charge on any atom is -0.322 e. The predicted octanol–water partition coefficient (Wildman–Crippen LogP) is 4.70. The van der Waals surface area contributed by atoms with Crippen molar-refractivity contribution in [3.63, 3.8) is 0 Å². The lowest BCUT2D eigenvalue weighted by molar-refractivity contribution is 0.102. The van der Waals surface area contributed by atoms with Gasteiger partial charge in [-0.25, -0.2) is 4.31 Å². The van der Waals surface area contributed by atoms with E-state index in [1.165, 1.54) is 12.1 Å². The second-order valence-electron chi connectivity index (χ2n) is 5.21. The van der Waals surface area contributed by atoms with Gasteiger partial charge in [0.05, 0.1) is 11.3 Å². The first-order chi connectivity index (χ1) is 12.2. The molecule has 0 aliphatic carbocycles. The van der Waals surface area contributed by atoms with E-state index in [0.29, 0.717) is 16.6 Å². The van der Waals surface area contributed by atoms with Crippen molar-refractivity contribution in [3.8, 4) is 0 Å². The van der Waals surface area contributed by atoms with E-state index in [-0.39, 0.29) is 23.7 Å². The van der Waals surface area contributed by atoms with Crippen LogP contribution in [-0.4, -0.2) is 31.3 Å². The van der Waals surface area contributed by atoms with E-state index in [4.69, 9.17) is 11.6 Å². The molecule has 0 bridgehead atoms. The molecule has 0 aliphatic heterocycles. The summed E-state index contributed by atoms with van der Waals surface area (Å²) in [7, 11) is -4.56. The van der Waals surface area contributed by atoms with Crippen molar-refractivity contribution in [1.82, 2.24) is 0 Å². The van der Waals surface area contributed by atoms with Gasteiger partial charge in [0.2, 0.25) is 0 Å². The molecule has 0 atom stereocenters. The van der Waals surface area contributed by atoms with Crippen LogP contribution in [0.15, 0.2) is 51.4 Å². The van der Waals surface area contributed by atoms with E-state index in [9.17, 15) is 17.8 Å². The molecule has 0 heterocycles. The smallest absolute Gasteiger partial charge is 0.322 e. The molecule has 0 spiro atoms. The van der Waals surface area contributed by atoms with Crippen LogP contribution in [0.1, 0.15) is 16.8 Å². The highest BCUT2D eigenvalue weighted by atomic mass is 79.9. The molecule has 0 saturated carbocycles. The summed E-state index contributed by atoms with van der Waals surface area (Å²) in [5.41, 5.74) is 0.702. The van der Waals surface area contributed by atoms with Gasteiger partial charge in [-0.1, -0.05) is 31.9 Å². The van der Waals surface area contributed by atoms with Crippen LogP contribution in [0.25, 0.3) is 0 Å². The van der Waals surface area contributed by atoms with Crippen LogP contribution in [-0.2, 0) is 10.3 Å². The van der Waals surface area contributed by atoms with Gasteiger partial charge in [0, 0.05) is 27.1 Å². The fraction of sp³-hybridized carbons (Fsp3) is 0.188. The lowest BCUT2D eigenvalue weighted by Gasteiger charge is -2.23. The number of rotatable bonds is 7. The molecule has 2 aromatic rings. The number of carbonyl (C=O) groups is 1. The van der Waals surface area contributed by atoms with Gasteiger partial charge in [-0.05, 0) is 48.9 Å². The number of anilines is 2. The van der Waals surface area contributed by atoms with Crippen LogP contribution in [0.3, 0.4) is 0 Å². The highest BCUT2D eigenvalue weighted by Gasteiger charge is 2.25. The van der Waals surface area contributed by atoms with E-state index >= 15 is 0 Å². The molecular weight excluding hydrogens is 512 g/mol. The second kappa shape index (κ2) is 9.18. The average Bonchev–Trinajstić information content (AvgIpc) is 2.57. The van der Waals surface area contributed by atoms with Gasteiger partial charge >= 0.3 is 10.3 Å². The molecule has 10 heteroatoms. The van der Waals surface area contributed by atoms with Crippen LogP contribution in [0.5, 0.6) is 0 Å². The topological polar surface area (TPSA) is 86.7 Å². The molecule has 2 rings (SSSR count). The van der Waals surface area contributed by atoms with Gasteiger partial charge < -0.3 is 5.32 Å². The first kappa shape index (κ1) is 21.2. The van der Waals surface area contributed by atoms with Crippen molar-refractivity contribution < 1.29 is 17.8 Å². The lowest BCUT2D eigenvalue weighted by Crippen LogP contribution is -2.33. The van der Waals surface area contributed by atoms with Gasteiger partial charge in [0.1, 0.15) is 0 Å². The monoisotopic (exact) mass is 524 g/mol. The quantitative estimate of drug-likeness (QED) is 0.405. The molecule has 0 saturated heterocycles. The van der Waals surface area contributed by atoms with E-state index in [2.05, 4.69) is 37.2 Å². The van der Waals surface area contributed by atoms with E-state index < -0.39 is 16.2 Å². The predicted molar refractivity (Wildman–Crippen MR) is 110 cm³/mol. The Balaban J connectivity index is 2.42. The Hall–Kier alpha value is -1.13. The number of nitrogens with zero attached hydrogens (tertiary/aromatic N) is 1. The van der Waals surface area contributed by atoms with Crippen molar-refractivity contribution in [2.24, 2.45) is 0 Å². The number of amides is 1. The maximum absolute atomic E-state index is 12.7. The lowest BCUT2D eigenvalue weighted by atomic mass is 10.1.